The summed E-state index contributed by atoms with van der Waals surface area (Å²) in [5.74, 6) is -2.69. The average molecular weight is 435 g/mol. The molecule has 0 aliphatic carbocycles. The van der Waals surface area contributed by atoms with Crippen molar-refractivity contribution in [1.82, 2.24) is 0 Å². The Balaban J connectivity index is 1.57. The lowest BCUT2D eigenvalue weighted by atomic mass is 9.96. The molecule has 0 atom stereocenters. The van der Waals surface area contributed by atoms with Crippen LogP contribution in [-0.4, -0.2) is 7.11 Å². The van der Waals surface area contributed by atoms with E-state index < -0.39 is 23.2 Å². The number of rotatable bonds is 7. The number of hydrogen-bond donors (Lipinski definition) is 0. The molecule has 0 unspecified atom stereocenters. The van der Waals surface area contributed by atoms with Crippen LogP contribution in [-0.2, 0) is 19.3 Å². The number of hydrogen-bond acceptors (Lipinski definition) is 1. The van der Waals surface area contributed by atoms with E-state index in [1.165, 1.54) is 18.2 Å². The summed E-state index contributed by atoms with van der Waals surface area (Å²) >= 11 is 0. The second-order valence-corrected chi connectivity index (χ2v) is 8.02. The van der Waals surface area contributed by atoms with Gasteiger partial charge in [0.15, 0.2) is 17.4 Å². The average Bonchev–Trinajstić information content (AvgIpc) is 2.79. The van der Waals surface area contributed by atoms with Gasteiger partial charge in [-0.05, 0) is 59.0 Å². The van der Waals surface area contributed by atoms with Crippen LogP contribution in [0, 0.1) is 17.5 Å². The zero-order chi connectivity index (χ0) is 22.7. The molecule has 0 aliphatic rings. The van der Waals surface area contributed by atoms with Gasteiger partial charge in [0.05, 0.1) is 7.11 Å². The summed E-state index contributed by atoms with van der Waals surface area (Å²) in [6.45, 7) is 2.17. The smallest absolute Gasteiger partial charge is 0.190 e. The van der Waals surface area contributed by atoms with Crippen molar-refractivity contribution in [2.45, 2.75) is 32.6 Å². The van der Waals surface area contributed by atoms with Gasteiger partial charge in [-0.25, -0.2) is 13.2 Å². The Bertz CT molecular complexity index is 1220. The fraction of sp³-hybridized carbons (Fsp3) is 0.214. The zero-order valence-electron chi connectivity index (χ0n) is 18.2. The predicted molar refractivity (Wildman–Crippen MR) is 124 cm³/mol. The van der Waals surface area contributed by atoms with E-state index in [-0.39, 0.29) is 11.1 Å². The first-order valence-corrected chi connectivity index (χ1v) is 10.8. The van der Waals surface area contributed by atoms with Crippen LogP contribution in [0.4, 0.5) is 13.2 Å². The lowest BCUT2D eigenvalue weighted by Crippen LogP contribution is -1.96. The lowest BCUT2D eigenvalue weighted by Gasteiger charge is -2.11. The Morgan fingerprint density at radius 2 is 1.28 bits per heavy atom. The fourth-order valence-electron chi connectivity index (χ4n) is 4.08. The van der Waals surface area contributed by atoms with E-state index in [1.54, 1.807) is 18.2 Å². The van der Waals surface area contributed by atoms with Crippen LogP contribution in [0.15, 0.2) is 66.7 Å². The molecule has 0 heterocycles. The Labute approximate surface area is 186 Å². The monoisotopic (exact) mass is 434 g/mol. The maximum Gasteiger partial charge on any atom is 0.190 e. The van der Waals surface area contributed by atoms with Crippen molar-refractivity contribution in [3.63, 3.8) is 0 Å². The molecule has 0 spiro atoms. The number of halogens is 3. The molecule has 0 saturated carbocycles. The highest BCUT2D eigenvalue weighted by atomic mass is 19.1. The molecule has 0 N–H and O–H groups in total. The number of benzene rings is 4. The summed E-state index contributed by atoms with van der Waals surface area (Å²) in [6.07, 6.45) is 3.98. The van der Waals surface area contributed by atoms with Gasteiger partial charge in [0, 0.05) is 10.9 Å². The molecular formula is C28H25F3O. The van der Waals surface area contributed by atoms with Gasteiger partial charge < -0.3 is 4.74 Å². The SMILES string of the molecule is CCCc1ccc(CCc2ccc3c(F)c(-c4cc(F)c(OC)c(F)c4)ccc3c2)cc1. The van der Waals surface area contributed by atoms with Crippen molar-refractivity contribution in [3.05, 3.63) is 101 Å². The number of aryl methyl sites for hydroxylation is 3. The Kier molecular flexibility index (Phi) is 6.50. The maximum absolute atomic E-state index is 15.2. The Morgan fingerprint density at radius 3 is 1.91 bits per heavy atom. The van der Waals surface area contributed by atoms with E-state index >= 15 is 4.39 Å². The molecule has 164 valence electrons. The minimum atomic E-state index is -0.861. The Hall–Kier alpha value is -3.27. The molecule has 0 aromatic heterocycles. The second kappa shape index (κ2) is 9.47. The Morgan fingerprint density at radius 1 is 0.688 bits per heavy atom. The van der Waals surface area contributed by atoms with Crippen molar-refractivity contribution in [2.24, 2.45) is 0 Å². The quantitative estimate of drug-likeness (QED) is 0.290. The van der Waals surface area contributed by atoms with Gasteiger partial charge >= 0.3 is 0 Å². The van der Waals surface area contributed by atoms with E-state index in [1.807, 2.05) is 12.1 Å². The van der Waals surface area contributed by atoms with Crippen molar-refractivity contribution >= 4 is 10.8 Å². The van der Waals surface area contributed by atoms with Gasteiger partial charge in [0.2, 0.25) is 0 Å². The normalized spacial score (nSPS) is 11.2. The van der Waals surface area contributed by atoms with E-state index in [4.69, 9.17) is 4.74 Å². The summed E-state index contributed by atoms with van der Waals surface area (Å²) in [7, 11) is 1.19. The maximum atomic E-state index is 15.2. The summed E-state index contributed by atoms with van der Waals surface area (Å²) in [5.41, 5.74) is 4.03. The molecule has 0 bridgehead atoms. The van der Waals surface area contributed by atoms with Gasteiger partial charge in [-0.3, -0.25) is 0 Å². The third kappa shape index (κ3) is 4.50. The molecule has 0 aliphatic heterocycles. The van der Waals surface area contributed by atoms with Crippen LogP contribution in [0.2, 0.25) is 0 Å². The third-order valence-electron chi connectivity index (χ3n) is 5.80. The number of ether oxygens (including phenoxy) is 1. The molecular weight excluding hydrogens is 409 g/mol. The molecule has 4 heteroatoms. The molecule has 4 rings (SSSR count). The fourth-order valence-corrected chi connectivity index (χ4v) is 4.08. The van der Waals surface area contributed by atoms with Gasteiger partial charge in [0.1, 0.15) is 5.82 Å². The van der Waals surface area contributed by atoms with Crippen molar-refractivity contribution in [3.8, 4) is 16.9 Å². The van der Waals surface area contributed by atoms with Crippen LogP contribution in [0.5, 0.6) is 5.75 Å². The topological polar surface area (TPSA) is 9.23 Å². The molecule has 4 aromatic rings. The third-order valence-corrected chi connectivity index (χ3v) is 5.80. The standard InChI is InChI=1S/C28H25F3O/c1-3-4-18-5-7-19(8-6-18)9-10-20-11-13-23-21(15-20)12-14-24(27(23)31)22-16-25(29)28(32-2)26(30)17-22/h5-8,11-17H,3-4,9-10H2,1-2H3. The number of fused-ring (bicyclic) bond motifs is 1. The van der Waals surface area contributed by atoms with Crippen LogP contribution in [0.1, 0.15) is 30.0 Å². The van der Waals surface area contributed by atoms with Gasteiger partial charge in [-0.15, -0.1) is 0 Å². The summed E-state index contributed by atoms with van der Waals surface area (Å²) in [5, 5.41) is 1.18. The van der Waals surface area contributed by atoms with Crippen LogP contribution in [0.25, 0.3) is 21.9 Å². The zero-order valence-corrected chi connectivity index (χ0v) is 18.2. The van der Waals surface area contributed by atoms with Gasteiger partial charge in [0.25, 0.3) is 0 Å². The van der Waals surface area contributed by atoms with E-state index in [2.05, 4.69) is 31.2 Å². The first-order valence-electron chi connectivity index (χ1n) is 10.8. The first kappa shape index (κ1) is 21.9. The molecule has 0 amide bonds. The molecule has 1 nitrogen and oxygen atoms in total. The minimum Gasteiger partial charge on any atom is -0.491 e. The first-order chi connectivity index (χ1) is 15.5. The van der Waals surface area contributed by atoms with E-state index in [0.29, 0.717) is 5.39 Å². The molecule has 0 fully saturated rings. The summed E-state index contributed by atoms with van der Waals surface area (Å²) in [6, 6.07) is 19.9. The lowest BCUT2D eigenvalue weighted by molar-refractivity contribution is 0.360. The summed E-state index contributed by atoms with van der Waals surface area (Å²) < 4.78 is 48.1. The highest BCUT2D eigenvalue weighted by molar-refractivity contribution is 5.89. The van der Waals surface area contributed by atoms with Gasteiger partial charge in [-0.2, -0.15) is 0 Å². The predicted octanol–water partition coefficient (Wildman–Crippen LogP) is 7.67. The largest absolute Gasteiger partial charge is 0.491 e. The molecule has 32 heavy (non-hydrogen) atoms. The highest BCUT2D eigenvalue weighted by Gasteiger charge is 2.16. The van der Waals surface area contributed by atoms with Gasteiger partial charge in [-0.1, -0.05) is 67.9 Å². The van der Waals surface area contributed by atoms with Crippen LogP contribution in [0.3, 0.4) is 0 Å². The molecule has 4 aromatic carbocycles. The van der Waals surface area contributed by atoms with E-state index in [9.17, 15) is 8.78 Å². The van der Waals surface area contributed by atoms with Crippen molar-refractivity contribution in [2.75, 3.05) is 7.11 Å². The number of methoxy groups -OCH3 is 1. The van der Waals surface area contributed by atoms with Crippen LogP contribution >= 0.6 is 0 Å². The molecule has 0 saturated heterocycles. The van der Waals surface area contributed by atoms with Crippen molar-refractivity contribution < 1.29 is 17.9 Å². The molecule has 0 radical (unpaired) electrons. The van der Waals surface area contributed by atoms with Crippen LogP contribution < -0.4 is 4.74 Å². The van der Waals surface area contributed by atoms with Crippen molar-refractivity contribution in [1.29, 1.82) is 0 Å². The highest BCUT2D eigenvalue weighted by Crippen LogP contribution is 2.33. The summed E-state index contributed by atoms with van der Waals surface area (Å²) in [4.78, 5) is 0. The second-order valence-electron chi connectivity index (χ2n) is 8.02. The van der Waals surface area contributed by atoms with E-state index in [0.717, 1.165) is 48.8 Å². The minimum absolute atomic E-state index is 0.135.